The molecule has 3 aliphatic carbocycles. The second kappa shape index (κ2) is 8.91. The average Bonchev–Trinajstić information content (AvgIpc) is 2.64. The van der Waals surface area contributed by atoms with Gasteiger partial charge in [-0.25, -0.2) is 22.0 Å². The van der Waals surface area contributed by atoms with Gasteiger partial charge >= 0.3 is 6.11 Å². The lowest BCUT2D eigenvalue weighted by Gasteiger charge is -2.44. The van der Waals surface area contributed by atoms with E-state index in [1.54, 1.807) is 0 Å². The van der Waals surface area contributed by atoms with Crippen molar-refractivity contribution in [1.29, 1.82) is 0 Å². The van der Waals surface area contributed by atoms with Crippen LogP contribution in [0.2, 0.25) is 0 Å². The van der Waals surface area contributed by atoms with Crippen molar-refractivity contribution < 1.29 is 35.5 Å². The Morgan fingerprint density at radius 3 is 1.79 bits per heavy atom. The summed E-state index contributed by atoms with van der Waals surface area (Å²) < 4.78 is 104. The number of halogens is 7. The first kappa shape index (κ1) is 23.1. The van der Waals surface area contributed by atoms with Crippen molar-refractivity contribution in [2.75, 3.05) is 0 Å². The van der Waals surface area contributed by atoms with E-state index in [0.717, 1.165) is 32.6 Å². The van der Waals surface area contributed by atoms with Crippen LogP contribution in [-0.2, 0) is 4.74 Å². The first-order valence-electron chi connectivity index (χ1n) is 10.8. The van der Waals surface area contributed by atoms with Gasteiger partial charge in [0.1, 0.15) is 30.6 Å². The maximum atomic E-state index is 14.7. The van der Waals surface area contributed by atoms with Gasteiger partial charge in [0.05, 0.1) is 6.10 Å². The van der Waals surface area contributed by atoms with Crippen LogP contribution in [0.5, 0.6) is 0 Å². The third kappa shape index (κ3) is 4.87. The van der Waals surface area contributed by atoms with Crippen molar-refractivity contribution in [3.05, 3.63) is 0 Å². The van der Waals surface area contributed by atoms with Crippen LogP contribution < -0.4 is 0 Å². The Morgan fingerprint density at radius 2 is 1.24 bits per heavy atom. The molecule has 0 bridgehead atoms. The van der Waals surface area contributed by atoms with Gasteiger partial charge in [-0.1, -0.05) is 26.7 Å². The molecule has 0 aliphatic heterocycles. The molecule has 29 heavy (non-hydrogen) atoms. The van der Waals surface area contributed by atoms with Gasteiger partial charge in [-0.15, -0.1) is 0 Å². The first-order chi connectivity index (χ1) is 13.5. The van der Waals surface area contributed by atoms with Gasteiger partial charge in [-0.05, 0) is 43.4 Å². The molecule has 0 N–H and O–H groups in total. The van der Waals surface area contributed by atoms with E-state index in [9.17, 15) is 30.7 Å². The van der Waals surface area contributed by atoms with Gasteiger partial charge in [-0.3, -0.25) is 0 Å². The van der Waals surface area contributed by atoms with Crippen molar-refractivity contribution in [1.82, 2.24) is 0 Å². The standard InChI is InChI=1S/C21H31F7O/c1-10-3-5-12(6-4-10)13-7-14(22)18(15(23)8-13)21(27,28)29-17-9-16(24)20(26)19(25)11(17)2/h10-20H,3-9H2,1-2H3. The molecule has 8 heteroatoms. The number of hydrogen-bond donors (Lipinski definition) is 0. The summed E-state index contributed by atoms with van der Waals surface area (Å²) in [6, 6.07) is 0. The minimum absolute atomic E-state index is 0.137. The summed E-state index contributed by atoms with van der Waals surface area (Å²) in [5.74, 6) is -3.22. The van der Waals surface area contributed by atoms with E-state index in [1.165, 1.54) is 0 Å². The molecule has 3 fully saturated rings. The van der Waals surface area contributed by atoms with Crippen molar-refractivity contribution in [3.63, 3.8) is 0 Å². The molecule has 3 aliphatic rings. The highest BCUT2D eigenvalue weighted by Crippen LogP contribution is 2.49. The van der Waals surface area contributed by atoms with Gasteiger partial charge < -0.3 is 4.74 Å². The van der Waals surface area contributed by atoms with Crippen LogP contribution in [0.25, 0.3) is 0 Å². The maximum absolute atomic E-state index is 14.7. The predicted octanol–water partition coefficient (Wildman–Crippen LogP) is 6.55. The Hall–Kier alpha value is -0.530. The molecule has 0 aromatic carbocycles. The zero-order chi connectivity index (χ0) is 21.5. The van der Waals surface area contributed by atoms with Gasteiger partial charge in [0.15, 0.2) is 6.17 Å². The average molecular weight is 432 g/mol. The second-order valence-electron chi connectivity index (χ2n) is 9.53. The fraction of sp³-hybridized carbons (Fsp3) is 1.00. The molecule has 3 saturated carbocycles. The molecule has 1 nitrogen and oxygen atoms in total. The first-order valence-corrected chi connectivity index (χ1v) is 10.8. The monoisotopic (exact) mass is 432 g/mol. The van der Waals surface area contributed by atoms with Crippen LogP contribution in [0.4, 0.5) is 30.7 Å². The Morgan fingerprint density at radius 1 is 0.690 bits per heavy atom. The molecule has 0 radical (unpaired) electrons. The molecule has 0 aromatic heterocycles. The fourth-order valence-electron chi connectivity index (χ4n) is 5.45. The van der Waals surface area contributed by atoms with E-state index in [4.69, 9.17) is 0 Å². The predicted molar refractivity (Wildman–Crippen MR) is 95.4 cm³/mol. The molecule has 0 saturated heterocycles. The van der Waals surface area contributed by atoms with Crippen molar-refractivity contribution in [2.24, 2.45) is 29.6 Å². The second-order valence-corrected chi connectivity index (χ2v) is 9.53. The molecule has 7 unspecified atom stereocenters. The van der Waals surface area contributed by atoms with E-state index < -0.39 is 61.3 Å². The van der Waals surface area contributed by atoms with E-state index in [2.05, 4.69) is 11.7 Å². The Bertz CT molecular complexity index is 527. The molecule has 0 heterocycles. The summed E-state index contributed by atoms with van der Waals surface area (Å²) in [7, 11) is 0. The largest absolute Gasteiger partial charge is 0.364 e. The van der Waals surface area contributed by atoms with Gasteiger partial charge in [0, 0.05) is 12.3 Å². The van der Waals surface area contributed by atoms with Crippen LogP contribution >= 0.6 is 0 Å². The van der Waals surface area contributed by atoms with Crippen LogP contribution in [0, 0.1) is 29.6 Å². The van der Waals surface area contributed by atoms with Crippen LogP contribution in [0.1, 0.15) is 58.8 Å². The summed E-state index contributed by atoms with van der Waals surface area (Å²) in [5.41, 5.74) is 0. The lowest BCUT2D eigenvalue weighted by atomic mass is 9.68. The minimum Gasteiger partial charge on any atom is -0.316 e. The van der Waals surface area contributed by atoms with E-state index in [0.29, 0.717) is 5.92 Å². The number of ether oxygens (including phenoxy) is 1. The molecular formula is C21H31F7O. The zero-order valence-corrected chi connectivity index (χ0v) is 16.9. The number of hydrogen-bond acceptors (Lipinski definition) is 1. The number of rotatable bonds is 4. The Labute approximate surface area is 167 Å². The molecule has 3 rings (SSSR count). The maximum Gasteiger partial charge on any atom is 0.364 e. The summed E-state index contributed by atoms with van der Waals surface area (Å²) in [6.07, 6.45) is -14.5. The van der Waals surface area contributed by atoms with E-state index in [1.807, 2.05) is 0 Å². The van der Waals surface area contributed by atoms with Crippen LogP contribution in [0.3, 0.4) is 0 Å². The molecule has 0 amide bonds. The SMILES string of the molecule is CC1CCC(C2CC(F)C(C(F)(F)OC3CC(F)C(F)C(F)C3C)C(F)C2)CC1. The Kier molecular flexibility index (Phi) is 7.11. The lowest BCUT2D eigenvalue weighted by Crippen LogP contribution is -2.54. The minimum atomic E-state index is -4.22. The van der Waals surface area contributed by atoms with Gasteiger partial charge in [0.2, 0.25) is 0 Å². The van der Waals surface area contributed by atoms with Crippen molar-refractivity contribution in [2.45, 2.75) is 102 Å². The summed E-state index contributed by atoms with van der Waals surface area (Å²) in [4.78, 5) is 0. The summed E-state index contributed by atoms with van der Waals surface area (Å²) in [5, 5.41) is 0. The van der Waals surface area contributed by atoms with Crippen molar-refractivity contribution >= 4 is 0 Å². The normalized spacial score (nSPS) is 49.8. The topological polar surface area (TPSA) is 9.23 Å². The number of alkyl halides is 7. The smallest absolute Gasteiger partial charge is 0.316 e. The zero-order valence-electron chi connectivity index (χ0n) is 16.9. The molecular weight excluding hydrogens is 401 g/mol. The third-order valence-corrected chi connectivity index (χ3v) is 7.45. The molecule has 0 aromatic rings. The van der Waals surface area contributed by atoms with E-state index in [-0.39, 0.29) is 24.7 Å². The molecule has 0 spiro atoms. The Balaban J connectivity index is 1.64. The molecule has 170 valence electrons. The third-order valence-electron chi connectivity index (χ3n) is 7.45. The summed E-state index contributed by atoms with van der Waals surface area (Å²) >= 11 is 0. The highest BCUT2D eigenvalue weighted by molar-refractivity contribution is 4.96. The summed E-state index contributed by atoms with van der Waals surface area (Å²) in [6.45, 7) is 3.27. The quantitative estimate of drug-likeness (QED) is 0.458. The van der Waals surface area contributed by atoms with Crippen LogP contribution in [-0.4, -0.2) is 43.1 Å². The van der Waals surface area contributed by atoms with Gasteiger partial charge in [0.25, 0.3) is 0 Å². The van der Waals surface area contributed by atoms with E-state index >= 15 is 0 Å². The lowest BCUT2D eigenvalue weighted by molar-refractivity contribution is -0.330. The fourth-order valence-corrected chi connectivity index (χ4v) is 5.45. The highest BCUT2D eigenvalue weighted by Gasteiger charge is 2.57. The van der Waals surface area contributed by atoms with Crippen molar-refractivity contribution in [3.8, 4) is 0 Å². The molecule has 7 atom stereocenters. The van der Waals surface area contributed by atoms with Crippen LogP contribution in [0.15, 0.2) is 0 Å². The highest BCUT2D eigenvalue weighted by atomic mass is 19.3. The van der Waals surface area contributed by atoms with Gasteiger partial charge in [-0.2, -0.15) is 8.78 Å².